The molecule has 0 rings (SSSR count). The van der Waals surface area contributed by atoms with Gasteiger partial charge in [-0.25, -0.2) is 0 Å². The predicted molar refractivity (Wildman–Crippen MR) is 24.1 cm³/mol. The van der Waals surface area contributed by atoms with Crippen LogP contribution >= 0.6 is 7.82 Å². The summed E-state index contributed by atoms with van der Waals surface area (Å²) in [4.78, 5) is 25.6. The van der Waals surface area contributed by atoms with Gasteiger partial charge in [0.15, 0.2) is 0 Å². The second kappa shape index (κ2) is 9.59. The summed E-state index contributed by atoms with van der Waals surface area (Å²) in [5.41, 5.74) is 0. The second-order valence-electron chi connectivity index (χ2n) is 0.447. The van der Waals surface area contributed by atoms with Crippen molar-refractivity contribution in [1.29, 1.82) is 0 Å². The van der Waals surface area contributed by atoms with E-state index in [1.807, 2.05) is 0 Å². The summed E-state index contributed by atoms with van der Waals surface area (Å²) in [5.74, 6) is 0. The molecule has 0 radical (unpaired) electrons. The maximum absolute atomic E-state index is 8.55. The van der Waals surface area contributed by atoms with Crippen LogP contribution in [0.4, 0.5) is 0 Å². The van der Waals surface area contributed by atoms with Gasteiger partial charge < -0.3 is 25.4 Å². The van der Waals surface area contributed by atoms with Crippen molar-refractivity contribution >= 4 is 83.3 Å². The van der Waals surface area contributed by atoms with E-state index in [1.165, 1.54) is 0 Å². The predicted octanol–water partition coefficient (Wildman–Crippen LogP) is -3.42. The van der Waals surface area contributed by atoms with Crippen molar-refractivity contribution in [2.75, 3.05) is 0 Å². The van der Waals surface area contributed by atoms with Gasteiger partial charge in [-0.1, -0.05) is 0 Å². The Morgan fingerprint density at radius 1 is 1.00 bits per heavy atom. The zero-order valence-electron chi connectivity index (χ0n) is 4.20. The molecule has 0 aromatic carbocycles. The van der Waals surface area contributed by atoms with Crippen molar-refractivity contribution in [2.24, 2.45) is 0 Å². The fourth-order valence-corrected chi connectivity index (χ4v) is 0. The molecule has 0 aliphatic rings. The van der Waals surface area contributed by atoms with Crippen LogP contribution in [-0.2, 0) is 4.57 Å². The zero-order chi connectivity index (χ0) is 4.50. The Labute approximate surface area is 107 Å². The van der Waals surface area contributed by atoms with Gasteiger partial charge in [0.2, 0.25) is 0 Å². The summed E-state index contributed by atoms with van der Waals surface area (Å²) in [6, 6.07) is 0. The van der Waals surface area contributed by atoms with Crippen LogP contribution in [0.15, 0.2) is 0 Å². The van der Waals surface area contributed by atoms with Gasteiger partial charge in [0.05, 0.1) is 0 Å². The molecule has 0 aromatic rings. The van der Waals surface area contributed by atoms with Crippen LogP contribution in [0.3, 0.4) is 0 Å². The van der Waals surface area contributed by atoms with E-state index in [0.29, 0.717) is 0 Å². The third-order valence-corrected chi connectivity index (χ3v) is 0. The largest absolute Gasteiger partial charge is 2.00 e. The Hall–Kier alpha value is 2.59. The molecule has 0 saturated heterocycles. The molecular weight excluding hydrogens is 189 g/mol. The van der Waals surface area contributed by atoms with E-state index < -0.39 is 7.82 Å². The average molecular weight is 192 g/mol. The van der Waals surface area contributed by atoms with Crippen LogP contribution in [0.25, 0.3) is 0 Å². The minimum Gasteiger partial charge on any atom is -0.822 e. The minimum atomic E-state index is -5.39. The third kappa shape index (κ3) is 73.8. The molecule has 0 heterocycles. The van der Waals surface area contributed by atoms with E-state index in [2.05, 4.69) is 0 Å². The zero-order valence-corrected chi connectivity index (χ0v) is 9.51. The second-order valence-corrected chi connectivity index (χ2v) is 1.34. The Kier molecular flexibility index (Phi) is 26.9. The van der Waals surface area contributed by atoms with Gasteiger partial charge in [-0.2, -0.15) is 7.82 Å². The van der Waals surface area contributed by atoms with Crippen molar-refractivity contribution in [1.82, 2.24) is 6.15 Å². The van der Waals surface area contributed by atoms with Gasteiger partial charge in [0.1, 0.15) is 0 Å². The third-order valence-electron chi connectivity index (χ3n) is 0. The Bertz CT molecular complexity index is 60.2. The molecule has 0 spiro atoms. The fourth-order valence-electron chi connectivity index (χ4n) is 0. The van der Waals surface area contributed by atoms with Gasteiger partial charge in [0.25, 0.3) is 0 Å². The molecular formula is H3Ca2NO4P+. The quantitative estimate of drug-likeness (QED) is 0.316. The molecule has 0 aromatic heterocycles. The van der Waals surface area contributed by atoms with Crippen LogP contribution in [-0.4, -0.2) is 75.5 Å². The first-order chi connectivity index (χ1) is 2.00. The van der Waals surface area contributed by atoms with Gasteiger partial charge in [-0.15, -0.1) is 0 Å². The topological polar surface area (TPSA) is 121 Å². The summed E-state index contributed by atoms with van der Waals surface area (Å²) in [6.45, 7) is 0. The first kappa shape index (κ1) is 22.4. The SMILES string of the molecule is N.O=P([O-])([O-])[O-].[Ca+2].[Ca+2]. The van der Waals surface area contributed by atoms with E-state index in [0.717, 1.165) is 0 Å². The normalized spacial score (nSPS) is 7.38. The van der Waals surface area contributed by atoms with Gasteiger partial charge in [0, 0.05) is 0 Å². The average Bonchev–Trinajstić information content (AvgIpc) is 0.722. The van der Waals surface area contributed by atoms with E-state index in [-0.39, 0.29) is 81.6 Å². The van der Waals surface area contributed by atoms with Crippen molar-refractivity contribution in [3.8, 4) is 0 Å². The van der Waals surface area contributed by atoms with Crippen LogP contribution in [0.2, 0.25) is 0 Å². The van der Waals surface area contributed by atoms with Crippen molar-refractivity contribution in [2.45, 2.75) is 0 Å². The number of rotatable bonds is 0. The molecule has 8 heavy (non-hydrogen) atoms. The summed E-state index contributed by atoms with van der Waals surface area (Å²) in [6.07, 6.45) is 0. The Balaban J connectivity index is -0.0000000267. The molecule has 3 N–H and O–H groups in total. The standard InChI is InChI=1S/2Ca.H3N.H3O4P/c;;;1-5(2,3)4/h;;1H3;(H3,1,2,3,4)/q2*+2;;/p-3. The molecule has 0 aliphatic carbocycles. The van der Waals surface area contributed by atoms with Crippen LogP contribution < -0.4 is 20.8 Å². The van der Waals surface area contributed by atoms with E-state index in [1.54, 1.807) is 0 Å². The monoisotopic (exact) mass is 192 g/mol. The van der Waals surface area contributed by atoms with Crippen molar-refractivity contribution < 1.29 is 19.2 Å². The van der Waals surface area contributed by atoms with Crippen LogP contribution in [0, 0.1) is 0 Å². The first-order valence-corrected chi connectivity index (χ1v) is 2.19. The van der Waals surface area contributed by atoms with E-state index in [9.17, 15) is 0 Å². The molecule has 0 fully saturated rings. The molecule has 40 valence electrons. The van der Waals surface area contributed by atoms with E-state index in [4.69, 9.17) is 19.2 Å². The molecule has 5 nitrogen and oxygen atoms in total. The molecule has 0 amide bonds. The molecule has 0 unspecified atom stereocenters. The molecule has 0 saturated carbocycles. The van der Waals surface area contributed by atoms with Crippen LogP contribution in [0.5, 0.6) is 0 Å². The summed E-state index contributed by atoms with van der Waals surface area (Å²) >= 11 is 0. The fraction of sp³-hybridized carbons (Fsp3) is 0. The minimum absolute atomic E-state index is 0. The van der Waals surface area contributed by atoms with Gasteiger partial charge >= 0.3 is 75.5 Å². The summed E-state index contributed by atoms with van der Waals surface area (Å²) in [7, 11) is -5.39. The van der Waals surface area contributed by atoms with Crippen molar-refractivity contribution in [3.63, 3.8) is 0 Å². The van der Waals surface area contributed by atoms with E-state index >= 15 is 0 Å². The Morgan fingerprint density at radius 2 is 1.00 bits per heavy atom. The summed E-state index contributed by atoms with van der Waals surface area (Å²) in [5, 5.41) is 0. The van der Waals surface area contributed by atoms with Crippen molar-refractivity contribution in [3.05, 3.63) is 0 Å². The number of hydrogen-bond donors (Lipinski definition) is 1. The Morgan fingerprint density at radius 3 is 1.00 bits per heavy atom. The molecule has 0 bridgehead atoms. The van der Waals surface area contributed by atoms with Crippen LogP contribution in [0.1, 0.15) is 0 Å². The summed E-state index contributed by atoms with van der Waals surface area (Å²) < 4.78 is 8.55. The smallest absolute Gasteiger partial charge is 0.822 e. The van der Waals surface area contributed by atoms with Gasteiger partial charge in [-0.3, -0.25) is 0 Å². The van der Waals surface area contributed by atoms with Gasteiger partial charge in [-0.05, 0) is 0 Å². The maximum Gasteiger partial charge on any atom is 2.00 e. The maximum atomic E-state index is 8.55. The molecule has 8 heteroatoms. The number of hydrogen-bond acceptors (Lipinski definition) is 5. The molecule has 0 atom stereocenters. The number of phosphoric acid groups is 1. The first-order valence-electron chi connectivity index (χ1n) is 0.730. The molecule has 0 aliphatic heterocycles.